The predicted octanol–water partition coefficient (Wildman–Crippen LogP) is 6.27. The molecule has 0 fully saturated rings. The molecule has 0 radical (unpaired) electrons. The minimum atomic E-state index is -0.303. The summed E-state index contributed by atoms with van der Waals surface area (Å²) in [5.41, 5.74) is 11.0. The zero-order valence-electron chi connectivity index (χ0n) is 17.8. The number of hydrogen-bond donors (Lipinski definition) is 1. The highest BCUT2D eigenvalue weighted by molar-refractivity contribution is 6.30. The van der Waals surface area contributed by atoms with Crippen LogP contribution in [-0.4, -0.2) is 11.5 Å². The summed E-state index contributed by atoms with van der Waals surface area (Å²) < 4.78 is 0. The van der Waals surface area contributed by atoms with E-state index in [1.54, 1.807) is 6.92 Å². The van der Waals surface area contributed by atoms with Crippen LogP contribution in [0, 0.1) is 12.3 Å². The minimum Gasteiger partial charge on any atom is -0.402 e. The topological polar surface area (TPSA) is 55.5 Å². The Hall–Kier alpha value is -2.39. The predicted molar refractivity (Wildman–Crippen MR) is 123 cm³/mol. The molecule has 0 amide bonds. The van der Waals surface area contributed by atoms with Gasteiger partial charge in [0.15, 0.2) is 0 Å². The molecule has 29 heavy (non-hydrogen) atoms. The molecule has 2 aromatic rings. The molecule has 0 atom stereocenters. The third kappa shape index (κ3) is 7.51. The summed E-state index contributed by atoms with van der Waals surface area (Å²) in [6, 6.07) is 16.0. The molecular formula is C25H31ClN2O. The van der Waals surface area contributed by atoms with E-state index < -0.39 is 0 Å². The lowest BCUT2D eigenvalue weighted by molar-refractivity contribution is -0.125. The molecule has 154 valence electrons. The summed E-state index contributed by atoms with van der Waals surface area (Å²) in [5.74, 6) is 0.213. The van der Waals surface area contributed by atoms with Gasteiger partial charge in [0.2, 0.25) is 0 Å². The summed E-state index contributed by atoms with van der Waals surface area (Å²) in [5, 5.41) is 0.717. The molecule has 0 saturated heterocycles. The quantitative estimate of drug-likeness (QED) is 0.495. The van der Waals surface area contributed by atoms with Crippen molar-refractivity contribution in [3.05, 3.63) is 82.0 Å². The van der Waals surface area contributed by atoms with E-state index in [4.69, 9.17) is 22.3 Å². The molecule has 4 heteroatoms. The van der Waals surface area contributed by atoms with Crippen molar-refractivity contribution in [2.75, 3.05) is 0 Å². The highest BCUT2D eigenvalue weighted by Gasteiger charge is 2.22. The van der Waals surface area contributed by atoms with E-state index in [1.165, 1.54) is 5.56 Å². The second kappa shape index (κ2) is 10.4. The van der Waals surface area contributed by atoms with Crippen LogP contribution >= 0.6 is 11.6 Å². The highest BCUT2D eigenvalue weighted by Crippen LogP contribution is 2.25. The molecule has 0 aliphatic rings. The third-order valence-electron chi connectivity index (χ3n) is 5.23. The lowest BCUT2D eigenvalue weighted by atomic mass is 9.83. The zero-order valence-corrected chi connectivity index (χ0v) is 18.6. The number of nitrogens with two attached hydrogens (primary N) is 1. The maximum absolute atomic E-state index is 11.7. The van der Waals surface area contributed by atoms with Crippen LogP contribution < -0.4 is 5.73 Å². The molecule has 0 aromatic heterocycles. The lowest BCUT2D eigenvalue weighted by Gasteiger charge is -2.20. The fourth-order valence-corrected chi connectivity index (χ4v) is 3.00. The number of allylic oxidation sites excluding steroid dienone is 2. The number of nitrogens with zero attached hydrogens (tertiary/aromatic N) is 1. The molecule has 2 N–H and O–H groups in total. The standard InChI is InChI=1S/C25H31ClN2O/c1-18-7-11-21(12-8-18)24(28-17-20-9-13-22(26)14-10-20)16-23(27)6-5-15-25(3,4)19(2)29/h7-14,16H,5-6,15,17,27H2,1-4H3. The van der Waals surface area contributed by atoms with Crippen LogP contribution in [0.25, 0.3) is 0 Å². The Labute approximate surface area is 179 Å². The maximum Gasteiger partial charge on any atom is 0.135 e. The van der Waals surface area contributed by atoms with Crippen LogP contribution in [0.5, 0.6) is 0 Å². The maximum atomic E-state index is 11.7. The zero-order chi connectivity index (χ0) is 21.4. The van der Waals surface area contributed by atoms with Gasteiger partial charge in [0.25, 0.3) is 0 Å². The van der Waals surface area contributed by atoms with Gasteiger partial charge in [-0.3, -0.25) is 9.79 Å². The number of aryl methyl sites for hydroxylation is 1. The van der Waals surface area contributed by atoms with Crippen molar-refractivity contribution in [2.24, 2.45) is 16.1 Å². The van der Waals surface area contributed by atoms with Gasteiger partial charge < -0.3 is 5.73 Å². The molecule has 0 aliphatic heterocycles. The van der Waals surface area contributed by atoms with Gasteiger partial charge >= 0.3 is 0 Å². The number of carbonyl (C=O) groups is 1. The molecular weight excluding hydrogens is 380 g/mol. The monoisotopic (exact) mass is 410 g/mol. The Morgan fingerprint density at radius 2 is 1.72 bits per heavy atom. The fourth-order valence-electron chi connectivity index (χ4n) is 2.87. The van der Waals surface area contributed by atoms with Gasteiger partial charge in [-0.2, -0.15) is 0 Å². The van der Waals surface area contributed by atoms with Crippen molar-refractivity contribution in [3.8, 4) is 0 Å². The first-order valence-corrected chi connectivity index (χ1v) is 10.4. The second-order valence-electron chi connectivity index (χ2n) is 8.21. The number of benzene rings is 2. The van der Waals surface area contributed by atoms with Crippen molar-refractivity contribution < 1.29 is 4.79 Å². The normalized spacial score (nSPS) is 12.9. The molecule has 0 unspecified atom stereocenters. The Morgan fingerprint density at radius 3 is 2.31 bits per heavy atom. The Bertz CT molecular complexity index is 878. The van der Waals surface area contributed by atoms with Gasteiger partial charge in [0, 0.05) is 16.1 Å². The summed E-state index contributed by atoms with van der Waals surface area (Å²) in [6.45, 7) is 8.25. The Morgan fingerprint density at radius 1 is 1.10 bits per heavy atom. The van der Waals surface area contributed by atoms with Crippen LogP contribution in [0.1, 0.15) is 56.7 Å². The third-order valence-corrected chi connectivity index (χ3v) is 5.49. The van der Waals surface area contributed by atoms with Gasteiger partial charge in [0.05, 0.1) is 12.3 Å². The van der Waals surface area contributed by atoms with E-state index in [-0.39, 0.29) is 11.2 Å². The van der Waals surface area contributed by atoms with Crippen molar-refractivity contribution in [3.63, 3.8) is 0 Å². The summed E-state index contributed by atoms with van der Waals surface area (Å²) in [6.07, 6.45) is 4.38. The van der Waals surface area contributed by atoms with Crippen molar-refractivity contribution in [1.29, 1.82) is 0 Å². The van der Waals surface area contributed by atoms with E-state index >= 15 is 0 Å². The molecule has 0 bridgehead atoms. The first-order valence-electron chi connectivity index (χ1n) is 10.0. The largest absolute Gasteiger partial charge is 0.402 e. The van der Waals surface area contributed by atoms with E-state index in [9.17, 15) is 4.79 Å². The van der Waals surface area contributed by atoms with E-state index in [0.29, 0.717) is 11.6 Å². The van der Waals surface area contributed by atoms with Gasteiger partial charge in [0.1, 0.15) is 5.78 Å². The van der Waals surface area contributed by atoms with E-state index in [2.05, 4.69) is 31.2 Å². The summed E-state index contributed by atoms with van der Waals surface area (Å²) >= 11 is 5.97. The number of halogens is 1. The Balaban J connectivity index is 2.16. The van der Waals surface area contributed by atoms with Crippen LogP contribution in [0.15, 0.2) is 65.3 Å². The smallest absolute Gasteiger partial charge is 0.135 e. The van der Waals surface area contributed by atoms with E-state index in [1.807, 2.05) is 44.2 Å². The molecule has 0 spiro atoms. The number of ketones is 1. The number of rotatable bonds is 9. The van der Waals surface area contributed by atoms with Crippen LogP contribution in [0.4, 0.5) is 0 Å². The van der Waals surface area contributed by atoms with Crippen molar-refractivity contribution in [1.82, 2.24) is 0 Å². The SMILES string of the molecule is CC(=O)C(C)(C)CCCC(N)=CC(=NCc1ccc(Cl)cc1)c1ccc(C)cc1. The van der Waals surface area contributed by atoms with Gasteiger partial charge in [-0.15, -0.1) is 0 Å². The molecule has 0 saturated carbocycles. The second-order valence-corrected chi connectivity index (χ2v) is 8.64. The van der Waals surface area contributed by atoms with Crippen LogP contribution in [0.3, 0.4) is 0 Å². The average molecular weight is 411 g/mol. The molecule has 0 aliphatic carbocycles. The first-order chi connectivity index (χ1) is 13.7. The number of carbonyl (C=O) groups excluding carboxylic acids is 1. The minimum absolute atomic E-state index is 0.213. The molecule has 2 rings (SSSR count). The van der Waals surface area contributed by atoms with Gasteiger partial charge in [-0.25, -0.2) is 0 Å². The molecule has 0 heterocycles. The molecule has 3 nitrogen and oxygen atoms in total. The number of aliphatic imine (C=N–C) groups is 1. The lowest BCUT2D eigenvalue weighted by Crippen LogP contribution is -2.21. The first kappa shape index (κ1) is 22.9. The summed E-state index contributed by atoms with van der Waals surface area (Å²) in [7, 11) is 0. The van der Waals surface area contributed by atoms with Crippen molar-refractivity contribution >= 4 is 23.1 Å². The van der Waals surface area contributed by atoms with Crippen LogP contribution in [0.2, 0.25) is 5.02 Å². The van der Waals surface area contributed by atoms with Crippen molar-refractivity contribution in [2.45, 2.75) is 53.5 Å². The van der Waals surface area contributed by atoms with Gasteiger partial charge in [-0.1, -0.05) is 67.4 Å². The number of Topliss-reactive ketones (excluding diaryl/α,β-unsaturated/α-hetero) is 1. The molecule has 2 aromatic carbocycles. The Kier molecular flexibility index (Phi) is 8.21. The summed E-state index contributed by atoms with van der Waals surface area (Å²) in [4.78, 5) is 16.5. The van der Waals surface area contributed by atoms with Gasteiger partial charge in [-0.05, 0) is 62.4 Å². The average Bonchev–Trinajstić information content (AvgIpc) is 2.67. The van der Waals surface area contributed by atoms with Crippen LogP contribution in [-0.2, 0) is 11.3 Å². The van der Waals surface area contributed by atoms with E-state index in [0.717, 1.165) is 41.8 Å². The fraction of sp³-hybridized carbons (Fsp3) is 0.360. The number of hydrogen-bond acceptors (Lipinski definition) is 3. The highest BCUT2D eigenvalue weighted by atomic mass is 35.5.